The smallest absolute Gasteiger partial charge is 0.261 e. The number of aryl methyl sites for hydroxylation is 1. The molecule has 0 radical (unpaired) electrons. The average Bonchev–Trinajstić information content (AvgIpc) is 3.24. The number of anilines is 1. The molecule has 1 amide bonds. The van der Waals surface area contributed by atoms with Gasteiger partial charge in [-0.3, -0.25) is 14.8 Å². The summed E-state index contributed by atoms with van der Waals surface area (Å²) < 4.78 is 3.73. The number of likely N-dealkylation sites (tertiary alicyclic amines) is 1. The first kappa shape index (κ1) is 16.8. The quantitative estimate of drug-likeness (QED) is 0.766. The van der Waals surface area contributed by atoms with E-state index in [1.807, 2.05) is 18.2 Å². The molecule has 7 nitrogen and oxygen atoms in total. The number of fused-ring (bicyclic) bond motifs is 1. The number of aromatic nitrogens is 4. The molecule has 1 saturated heterocycles. The minimum absolute atomic E-state index is 0.187. The van der Waals surface area contributed by atoms with Gasteiger partial charge in [0.1, 0.15) is 0 Å². The standard InChI is InChI=1S/C19H24N6O/c1-23-14-15(13-20-23)18(26)22-19-21-16-7-3-4-8-17(16)25(19)12-11-24-9-5-2-6-10-24/h3-4,7-8,13-14H,2,5-6,9-12H2,1H3,(H,21,22,26). The number of amides is 1. The minimum atomic E-state index is -0.187. The number of carbonyl (C=O) groups excluding carboxylic acids is 1. The number of hydrogen-bond acceptors (Lipinski definition) is 4. The van der Waals surface area contributed by atoms with Crippen molar-refractivity contribution in [2.45, 2.75) is 25.8 Å². The molecule has 3 aromatic rings. The van der Waals surface area contributed by atoms with Gasteiger partial charge >= 0.3 is 0 Å². The van der Waals surface area contributed by atoms with E-state index in [-0.39, 0.29) is 5.91 Å². The molecule has 7 heteroatoms. The third kappa shape index (κ3) is 3.48. The molecule has 4 rings (SSSR count). The van der Waals surface area contributed by atoms with E-state index in [0.717, 1.165) is 37.2 Å². The lowest BCUT2D eigenvalue weighted by molar-refractivity contribution is 0.102. The fourth-order valence-electron chi connectivity index (χ4n) is 3.53. The van der Waals surface area contributed by atoms with Gasteiger partial charge in [0, 0.05) is 26.3 Å². The van der Waals surface area contributed by atoms with Crippen LogP contribution in [0, 0.1) is 0 Å². The first-order valence-corrected chi connectivity index (χ1v) is 9.18. The normalized spacial score (nSPS) is 15.4. The molecule has 1 aliphatic rings. The van der Waals surface area contributed by atoms with Crippen molar-refractivity contribution in [3.05, 3.63) is 42.2 Å². The summed E-state index contributed by atoms with van der Waals surface area (Å²) in [4.78, 5) is 19.7. The molecule has 136 valence electrons. The molecule has 0 spiro atoms. The number of piperidine rings is 1. The topological polar surface area (TPSA) is 68.0 Å². The summed E-state index contributed by atoms with van der Waals surface area (Å²) in [7, 11) is 1.80. The molecule has 0 aliphatic carbocycles. The number of nitrogens with zero attached hydrogens (tertiary/aromatic N) is 5. The van der Waals surface area contributed by atoms with Gasteiger partial charge in [0.2, 0.25) is 5.95 Å². The van der Waals surface area contributed by atoms with Gasteiger partial charge in [-0.2, -0.15) is 5.10 Å². The Balaban J connectivity index is 1.57. The molecular formula is C19H24N6O. The average molecular weight is 352 g/mol. The number of rotatable bonds is 5. The van der Waals surface area contributed by atoms with Crippen LogP contribution in [0.5, 0.6) is 0 Å². The Morgan fingerprint density at radius 3 is 2.73 bits per heavy atom. The summed E-state index contributed by atoms with van der Waals surface area (Å²) in [5, 5.41) is 7.02. The van der Waals surface area contributed by atoms with Gasteiger partial charge in [0.05, 0.1) is 22.8 Å². The Kier molecular flexibility index (Phi) is 4.71. The van der Waals surface area contributed by atoms with E-state index < -0.39 is 0 Å². The first-order valence-electron chi connectivity index (χ1n) is 9.18. The molecule has 1 aromatic carbocycles. The van der Waals surface area contributed by atoms with Crippen LogP contribution >= 0.6 is 0 Å². The summed E-state index contributed by atoms with van der Waals surface area (Å²) in [5.74, 6) is 0.407. The Hall–Kier alpha value is -2.67. The fourth-order valence-corrected chi connectivity index (χ4v) is 3.53. The molecule has 0 saturated carbocycles. The highest BCUT2D eigenvalue weighted by molar-refractivity contribution is 6.03. The highest BCUT2D eigenvalue weighted by Gasteiger charge is 2.17. The Morgan fingerprint density at radius 2 is 1.96 bits per heavy atom. The number of benzene rings is 1. The lowest BCUT2D eigenvalue weighted by Gasteiger charge is -2.26. The second-order valence-electron chi connectivity index (χ2n) is 6.83. The second-order valence-corrected chi connectivity index (χ2v) is 6.83. The maximum Gasteiger partial charge on any atom is 0.261 e. The largest absolute Gasteiger partial charge is 0.309 e. The summed E-state index contributed by atoms with van der Waals surface area (Å²) in [6, 6.07) is 8.01. The van der Waals surface area contributed by atoms with Gasteiger partial charge < -0.3 is 9.47 Å². The van der Waals surface area contributed by atoms with Gasteiger partial charge in [-0.15, -0.1) is 0 Å². The summed E-state index contributed by atoms with van der Waals surface area (Å²) in [6.45, 7) is 4.09. The molecule has 3 heterocycles. The molecule has 0 atom stereocenters. The zero-order valence-corrected chi connectivity index (χ0v) is 15.1. The number of carbonyl (C=O) groups is 1. The maximum absolute atomic E-state index is 12.5. The zero-order chi connectivity index (χ0) is 17.9. The SMILES string of the molecule is Cn1cc(C(=O)Nc2nc3ccccc3n2CCN2CCCCC2)cn1. The highest BCUT2D eigenvalue weighted by atomic mass is 16.1. The van der Waals surface area contributed by atoms with Gasteiger partial charge in [-0.05, 0) is 38.1 Å². The number of para-hydroxylation sites is 2. The molecule has 2 aromatic heterocycles. The third-order valence-corrected chi connectivity index (χ3v) is 4.94. The van der Waals surface area contributed by atoms with Crippen LogP contribution in [0.1, 0.15) is 29.6 Å². The fraction of sp³-hybridized carbons (Fsp3) is 0.421. The number of nitrogens with one attached hydrogen (secondary N) is 1. The summed E-state index contributed by atoms with van der Waals surface area (Å²) in [5.41, 5.74) is 2.47. The summed E-state index contributed by atoms with van der Waals surface area (Å²) in [6.07, 6.45) is 7.15. The molecule has 1 fully saturated rings. The second kappa shape index (κ2) is 7.29. The molecule has 0 unspecified atom stereocenters. The van der Waals surface area contributed by atoms with Crippen LogP contribution in [0.25, 0.3) is 11.0 Å². The van der Waals surface area contributed by atoms with E-state index >= 15 is 0 Å². The van der Waals surface area contributed by atoms with E-state index in [1.165, 1.54) is 19.3 Å². The molecule has 1 N–H and O–H groups in total. The van der Waals surface area contributed by atoms with Crippen molar-refractivity contribution in [1.82, 2.24) is 24.2 Å². The van der Waals surface area contributed by atoms with Crippen LogP contribution in [0.2, 0.25) is 0 Å². The van der Waals surface area contributed by atoms with Gasteiger partial charge in [0.15, 0.2) is 0 Å². The molecule has 26 heavy (non-hydrogen) atoms. The van der Waals surface area contributed by atoms with Crippen molar-refractivity contribution in [3.63, 3.8) is 0 Å². The predicted molar refractivity (Wildman–Crippen MR) is 101 cm³/mol. The first-order chi connectivity index (χ1) is 12.7. The number of hydrogen-bond donors (Lipinski definition) is 1. The Morgan fingerprint density at radius 1 is 1.15 bits per heavy atom. The lowest BCUT2D eigenvalue weighted by Crippen LogP contribution is -2.32. The highest BCUT2D eigenvalue weighted by Crippen LogP contribution is 2.20. The van der Waals surface area contributed by atoms with Crippen LogP contribution in [-0.2, 0) is 13.6 Å². The molecule has 1 aliphatic heterocycles. The maximum atomic E-state index is 12.5. The monoisotopic (exact) mass is 352 g/mol. The van der Waals surface area contributed by atoms with E-state index in [1.54, 1.807) is 24.1 Å². The van der Waals surface area contributed by atoms with Gasteiger partial charge in [-0.1, -0.05) is 18.6 Å². The van der Waals surface area contributed by atoms with Crippen LogP contribution in [0.15, 0.2) is 36.7 Å². The van der Waals surface area contributed by atoms with Crippen molar-refractivity contribution in [2.75, 3.05) is 25.0 Å². The van der Waals surface area contributed by atoms with Crippen molar-refractivity contribution in [3.8, 4) is 0 Å². The van der Waals surface area contributed by atoms with Crippen LogP contribution in [-0.4, -0.2) is 49.8 Å². The van der Waals surface area contributed by atoms with E-state index in [4.69, 9.17) is 0 Å². The van der Waals surface area contributed by atoms with Crippen molar-refractivity contribution in [1.29, 1.82) is 0 Å². The van der Waals surface area contributed by atoms with Crippen LogP contribution < -0.4 is 5.32 Å². The van der Waals surface area contributed by atoms with E-state index in [0.29, 0.717) is 11.5 Å². The summed E-state index contributed by atoms with van der Waals surface area (Å²) >= 11 is 0. The Labute approximate surface area is 152 Å². The van der Waals surface area contributed by atoms with Crippen molar-refractivity contribution >= 4 is 22.9 Å². The number of imidazole rings is 1. The zero-order valence-electron chi connectivity index (χ0n) is 15.1. The van der Waals surface area contributed by atoms with E-state index in [2.05, 4.69) is 30.9 Å². The van der Waals surface area contributed by atoms with Crippen molar-refractivity contribution in [2.24, 2.45) is 7.05 Å². The third-order valence-electron chi connectivity index (χ3n) is 4.94. The molecular weight excluding hydrogens is 328 g/mol. The van der Waals surface area contributed by atoms with Crippen LogP contribution in [0.4, 0.5) is 5.95 Å². The van der Waals surface area contributed by atoms with Crippen LogP contribution in [0.3, 0.4) is 0 Å². The molecule has 0 bridgehead atoms. The Bertz CT molecular complexity index is 906. The minimum Gasteiger partial charge on any atom is -0.309 e. The van der Waals surface area contributed by atoms with Crippen molar-refractivity contribution < 1.29 is 4.79 Å². The van der Waals surface area contributed by atoms with Gasteiger partial charge in [-0.25, -0.2) is 4.98 Å². The van der Waals surface area contributed by atoms with Gasteiger partial charge in [0.25, 0.3) is 5.91 Å². The van der Waals surface area contributed by atoms with E-state index in [9.17, 15) is 4.79 Å². The lowest BCUT2D eigenvalue weighted by atomic mass is 10.1. The predicted octanol–water partition coefficient (Wildman–Crippen LogP) is 2.51.